The summed E-state index contributed by atoms with van der Waals surface area (Å²) in [4.78, 5) is 0. The minimum absolute atomic E-state index is 0.382. The number of rotatable bonds is 2. The zero-order valence-electron chi connectivity index (χ0n) is 9.55. The number of hydrogen-bond donors (Lipinski definition) is 0. The largest absolute Gasteiger partial charge is 0.169 e. The SMILES string of the molecule is Cc1ccccc1C(Cl)(Cl)c1cccc(Cl)c1Cl. The summed E-state index contributed by atoms with van der Waals surface area (Å²) in [6.45, 7) is 1.95. The van der Waals surface area contributed by atoms with E-state index in [0.717, 1.165) is 11.1 Å². The third-order valence-electron chi connectivity index (χ3n) is 2.77. The van der Waals surface area contributed by atoms with Crippen molar-refractivity contribution in [2.75, 3.05) is 0 Å². The average molecular weight is 320 g/mol. The summed E-state index contributed by atoms with van der Waals surface area (Å²) in [7, 11) is 0. The van der Waals surface area contributed by atoms with Crippen molar-refractivity contribution in [3.05, 3.63) is 69.2 Å². The fraction of sp³-hybridized carbons (Fsp3) is 0.143. The Labute approximate surface area is 126 Å². The van der Waals surface area contributed by atoms with Gasteiger partial charge in [-0.1, -0.05) is 82.8 Å². The van der Waals surface area contributed by atoms with E-state index in [4.69, 9.17) is 46.4 Å². The third kappa shape index (κ3) is 2.48. The second kappa shape index (κ2) is 5.30. The van der Waals surface area contributed by atoms with E-state index >= 15 is 0 Å². The monoisotopic (exact) mass is 318 g/mol. The van der Waals surface area contributed by atoms with Crippen LogP contribution in [0, 0.1) is 6.92 Å². The first-order chi connectivity index (χ1) is 8.44. The molecular formula is C14H10Cl4. The zero-order valence-corrected chi connectivity index (χ0v) is 12.6. The van der Waals surface area contributed by atoms with E-state index < -0.39 is 4.33 Å². The molecule has 0 N–H and O–H groups in total. The quantitative estimate of drug-likeness (QED) is 0.597. The number of alkyl halides is 2. The maximum Gasteiger partial charge on any atom is 0.169 e. The van der Waals surface area contributed by atoms with E-state index in [-0.39, 0.29) is 0 Å². The summed E-state index contributed by atoms with van der Waals surface area (Å²) in [5, 5.41) is 0.820. The van der Waals surface area contributed by atoms with Crippen molar-refractivity contribution in [1.29, 1.82) is 0 Å². The lowest BCUT2D eigenvalue weighted by atomic mass is 9.99. The predicted molar refractivity (Wildman–Crippen MR) is 80.1 cm³/mol. The van der Waals surface area contributed by atoms with Crippen molar-refractivity contribution in [3.63, 3.8) is 0 Å². The zero-order chi connectivity index (χ0) is 13.3. The van der Waals surface area contributed by atoms with Crippen LogP contribution in [0.4, 0.5) is 0 Å². The van der Waals surface area contributed by atoms with Gasteiger partial charge < -0.3 is 0 Å². The maximum absolute atomic E-state index is 6.49. The van der Waals surface area contributed by atoms with Crippen LogP contribution >= 0.6 is 46.4 Å². The Morgan fingerprint density at radius 1 is 0.833 bits per heavy atom. The van der Waals surface area contributed by atoms with Crippen LogP contribution in [-0.2, 0) is 4.33 Å². The van der Waals surface area contributed by atoms with E-state index in [0.29, 0.717) is 15.6 Å². The Balaban J connectivity index is 2.62. The van der Waals surface area contributed by atoms with Crippen molar-refractivity contribution >= 4 is 46.4 Å². The lowest BCUT2D eigenvalue weighted by Crippen LogP contribution is -2.14. The van der Waals surface area contributed by atoms with Crippen LogP contribution in [0.25, 0.3) is 0 Å². The minimum Gasteiger partial charge on any atom is -0.0908 e. The van der Waals surface area contributed by atoms with Crippen LogP contribution in [-0.4, -0.2) is 0 Å². The molecule has 0 spiro atoms. The molecule has 0 atom stereocenters. The minimum atomic E-state index is -1.21. The van der Waals surface area contributed by atoms with E-state index in [1.807, 2.05) is 31.2 Å². The first-order valence-electron chi connectivity index (χ1n) is 5.33. The lowest BCUT2D eigenvalue weighted by Gasteiger charge is -2.24. The van der Waals surface area contributed by atoms with Crippen LogP contribution < -0.4 is 0 Å². The van der Waals surface area contributed by atoms with Gasteiger partial charge in [0.2, 0.25) is 0 Å². The predicted octanol–water partition coefficient (Wildman–Crippen LogP) is 5.98. The molecule has 0 fully saturated rings. The van der Waals surface area contributed by atoms with Gasteiger partial charge in [-0.05, 0) is 24.1 Å². The molecule has 18 heavy (non-hydrogen) atoms. The Bertz CT molecular complexity index is 576. The van der Waals surface area contributed by atoms with Gasteiger partial charge in [-0.3, -0.25) is 0 Å². The number of aryl methyl sites for hydroxylation is 1. The van der Waals surface area contributed by atoms with Gasteiger partial charge in [0.05, 0.1) is 10.0 Å². The van der Waals surface area contributed by atoms with Gasteiger partial charge in [0.25, 0.3) is 0 Å². The van der Waals surface area contributed by atoms with Gasteiger partial charge >= 0.3 is 0 Å². The molecule has 2 aromatic rings. The molecule has 0 bridgehead atoms. The van der Waals surface area contributed by atoms with E-state index in [1.54, 1.807) is 18.2 Å². The molecule has 0 unspecified atom stereocenters. The Kier molecular flexibility index (Phi) is 4.13. The molecule has 0 aliphatic heterocycles. The normalized spacial score (nSPS) is 11.6. The van der Waals surface area contributed by atoms with Gasteiger partial charge in [0.15, 0.2) is 4.33 Å². The highest BCUT2D eigenvalue weighted by Crippen LogP contribution is 2.46. The van der Waals surface area contributed by atoms with E-state index in [1.165, 1.54) is 0 Å². The fourth-order valence-electron chi connectivity index (χ4n) is 1.82. The molecular weight excluding hydrogens is 310 g/mol. The van der Waals surface area contributed by atoms with Crippen molar-refractivity contribution in [3.8, 4) is 0 Å². The lowest BCUT2D eigenvalue weighted by molar-refractivity contribution is 1.02. The summed E-state index contributed by atoms with van der Waals surface area (Å²) in [5.74, 6) is 0. The third-order valence-corrected chi connectivity index (χ3v) is 4.41. The molecule has 0 aliphatic carbocycles. The second-order valence-electron chi connectivity index (χ2n) is 3.99. The van der Waals surface area contributed by atoms with Crippen LogP contribution in [0.5, 0.6) is 0 Å². The van der Waals surface area contributed by atoms with Gasteiger partial charge in [0.1, 0.15) is 0 Å². The highest BCUT2D eigenvalue weighted by molar-refractivity contribution is 6.52. The van der Waals surface area contributed by atoms with Crippen LogP contribution in [0.15, 0.2) is 42.5 Å². The van der Waals surface area contributed by atoms with Crippen LogP contribution in [0.1, 0.15) is 16.7 Å². The van der Waals surface area contributed by atoms with Crippen LogP contribution in [0.3, 0.4) is 0 Å². The Morgan fingerprint density at radius 2 is 1.44 bits per heavy atom. The van der Waals surface area contributed by atoms with Gasteiger partial charge in [-0.15, -0.1) is 0 Å². The first kappa shape index (κ1) is 14.0. The number of hydrogen-bond acceptors (Lipinski definition) is 0. The second-order valence-corrected chi connectivity index (χ2v) is 6.10. The van der Waals surface area contributed by atoms with Crippen LogP contribution in [0.2, 0.25) is 10.0 Å². The standard InChI is InChI=1S/C14H10Cl4/c1-9-5-2-3-6-10(9)14(17,18)11-7-4-8-12(15)13(11)16/h2-8H,1H3. The molecule has 0 nitrogen and oxygen atoms in total. The molecule has 0 aliphatic rings. The Morgan fingerprint density at radius 3 is 2.11 bits per heavy atom. The maximum atomic E-state index is 6.49. The molecule has 94 valence electrons. The fourth-order valence-corrected chi connectivity index (χ4v) is 3.09. The molecule has 2 rings (SSSR count). The summed E-state index contributed by atoms with van der Waals surface area (Å²) in [5.41, 5.74) is 2.39. The van der Waals surface area contributed by atoms with Crippen molar-refractivity contribution in [1.82, 2.24) is 0 Å². The molecule has 0 amide bonds. The van der Waals surface area contributed by atoms with Crippen molar-refractivity contribution in [2.24, 2.45) is 0 Å². The summed E-state index contributed by atoms with van der Waals surface area (Å²) >= 11 is 25.2. The van der Waals surface area contributed by atoms with Gasteiger partial charge in [-0.25, -0.2) is 0 Å². The molecule has 0 aromatic heterocycles. The topological polar surface area (TPSA) is 0 Å². The molecule has 4 heteroatoms. The molecule has 0 heterocycles. The average Bonchev–Trinajstić information content (AvgIpc) is 2.32. The smallest absolute Gasteiger partial charge is 0.0908 e. The summed E-state index contributed by atoms with van der Waals surface area (Å²) in [6, 6.07) is 12.9. The summed E-state index contributed by atoms with van der Waals surface area (Å²) < 4.78 is -1.21. The first-order valence-corrected chi connectivity index (χ1v) is 6.84. The molecule has 0 saturated carbocycles. The highest BCUT2D eigenvalue weighted by atomic mass is 35.5. The van der Waals surface area contributed by atoms with Gasteiger partial charge in [0, 0.05) is 5.56 Å². The summed E-state index contributed by atoms with van der Waals surface area (Å²) in [6.07, 6.45) is 0. The van der Waals surface area contributed by atoms with Crippen molar-refractivity contribution < 1.29 is 0 Å². The number of halogens is 4. The number of benzene rings is 2. The Hall–Kier alpha value is -0.400. The van der Waals surface area contributed by atoms with Gasteiger partial charge in [-0.2, -0.15) is 0 Å². The molecule has 0 saturated heterocycles. The van der Waals surface area contributed by atoms with Crippen molar-refractivity contribution in [2.45, 2.75) is 11.3 Å². The highest BCUT2D eigenvalue weighted by Gasteiger charge is 2.33. The van der Waals surface area contributed by atoms with E-state index in [2.05, 4.69) is 0 Å². The molecule has 0 radical (unpaired) electrons. The van der Waals surface area contributed by atoms with E-state index in [9.17, 15) is 0 Å². The molecule has 2 aromatic carbocycles.